The second-order valence-electron chi connectivity index (χ2n) is 8.21. The summed E-state index contributed by atoms with van der Waals surface area (Å²) >= 11 is 0. The van der Waals surface area contributed by atoms with Crippen LogP contribution in [0.3, 0.4) is 0 Å². The van der Waals surface area contributed by atoms with E-state index in [9.17, 15) is 8.42 Å². The first-order valence-corrected chi connectivity index (χ1v) is 12.4. The number of aromatic nitrogens is 3. The summed E-state index contributed by atoms with van der Waals surface area (Å²) in [6.45, 7) is 2.14. The van der Waals surface area contributed by atoms with Crippen LogP contribution in [0.2, 0.25) is 0 Å². The average molecular weight is 435 g/mol. The Kier molecular flexibility index (Phi) is 5.06. The van der Waals surface area contributed by atoms with Crippen molar-refractivity contribution in [2.45, 2.75) is 44.3 Å². The molecule has 5 rings (SSSR count). The van der Waals surface area contributed by atoms with Crippen molar-refractivity contribution in [1.82, 2.24) is 14.8 Å². The van der Waals surface area contributed by atoms with Crippen molar-refractivity contribution in [3.8, 4) is 16.8 Å². The number of benzene rings is 2. The van der Waals surface area contributed by atoms with E-state index in [2.05, 4.69) is 46.0 Å². The van der Waals surface area contributed by atoms with Crippen LogP contribution < -0.4 is 4.72 Å². The van der Waals surface area contributed by atoms with Gasteiger partial charge in [-0.3, -0.25) is 4.72 Å². The number of aromatic amines is 1. The molecule has 2 N–H and O–H groups in total. The third-order valence-electron chi connectivity index (χ3n) is 6.20. The van der Waals surface area contributed by atoms with Gasteiger partial charge in [0.2, 0.25) is 10.0 Å². The molecule has 1 fully saturated rings. The van der Waals surface area contributed by atoms with Crippen molar-refractivity contribution in [3.05, 3.63) is 66.6 Å². The van der Waals surface area contributed by atoms with E-state index in [1.165, 1.54) is 5.56 Å². The first-order valence-electron chi connectivity index (χ1n) is 10.8. The lowest BCUT2D eigenvalue weighted by Crippen LogP contribution is -2.25. The topological polar surface area (TPSA) is 79.8 Å². The zero-order valence-electron chi connectivity index (χ0n) is 17.5. The highest BCUT2D eigenvalue weighted by Gasteiger charge is 2.29. The predicted octanol–water partition coefficient (Wildman–Crippen LogP) is 5.27. The van der Waals surface area contributed by atoms with Gasteiger partial charge in [0.25, 0.3) is 0 Å². The van der Waals surface area contributed by atoms with Crippen LogP contribution in [0.5, 0.6) is 0 Å². The third kappa shape index (κ3) is 3.85. The molecular formula is C24H26N4O2S. The molecule has 0 amide bonds. The molecule has 1 aliphatic rings. The molecule has 4 aromatic rings. The minimum atomic E-state index is -3.38. The van der Waals surface area contributed by atoms with Crippen molar-refractivity contribution >= 4 is 26.6 Å². The molecule has 0 unspecified atom stereocenters. The van der Waals surface area contributed by atoms with Gasteiger partial charge < -0.3 is 4.98 Å². The number of hydrogen-bond acceptors (Lipinski definition) is 3. The van der Waals surface area contributed by atoms with Crippen LogP contribution in [-0.4, -0.2) is 28.4 Å². The number of aryl methyl sites for hydroxylation is 1. The van der Waals surface area contributed by atoms with E-state index in [-0.39, 0.29) is 5.25 Å². The number of anilines is 1. The number of hydrogen-bond donors (Lipinski definition) is 2. The molecule has 0 spiro atoms. The minimum absolute atomic E-state index is 0.294. The van der Waals surface area contributed by atoms with Crippen molar-refractivity contribution in [1.29, 1.82) is 0 Å². The first kappa shape index (κ1) is 19.9. The first-order chi connectivity index (χ1) is 15.0. The summed E-state index contributed by atoms with van der Waals surface area (Å²) in [5.41, 5.74) is 5.77. The summed E-state index contributed by atoms with van der Waals surface area (Å²) in [6.07, 6.45) is 10.0. The maximum atomic E-state index is 12.8. The Morgan fingerprint density at radius 1 is 1.10 bits per heavy atom. The molecule has 0 aliphatic heterocycles. The summed E-state index contributed by atoms with van der Waals surface area (Å²) in [5, 5.41) is 5.08. The molecule has 31 heavy (non-hydrogen) atoms. The summed E-state index contributed by atoms with van der Waals surface area (Å²) < 4.78 is 30.2. The van der Waals surface area contributed by atoms with Crippen molar-refractivity contribution in [2.24, 2.45) is 0 Å². The molecular weight excluding hydrogens is 408 g/mol. The largest absolute Gasteiger partial charge is 0.359 e. The molecule has 1 saturated carbocycles. The minimum Gasteiger partial charge on any atom is -0.359 e. The molecule has 0 bridgehead atoms. The zero-order chi connectivity index (χ0) is 21.4. The van der Waals surface area contributed by atoms with Crippen LogP contribution in [-0.2, 0) is 16.4 Å². The Morgan fingerprint density at radius 2 is 1.87 bits per heavy atom. The van der Waals surface area contributed by atoms with Gasteiger partial charge in [0.15, 0.2) is 0 Å². The average Bonchev–Trinajstić information content (AvgIpc) is 3.55. The Labute approximate surface area is 182 Å². The molecule has 0 saturated heterocycles. The summed E-state index contributed by atoms with van der Waals surface area (Å²) in [4.78, 5) is 3.17. The third-order valence-corrected chi connectivity index (χ3v) is 8.05. The van der Waals surface area contributed by atoms with Gasteiger partial charge in [-0.25, -0.2) is 13.1 Å². The summed E-state index contributed by atoms with van der Waals surface area (Å²) in [5.74, 6) is 0. The lowest BCUT2D eigenvalue weighted by Gasteiger charge is -2.12. The molecule has 0 atom stereocenters. The van der Waals surface area contributed by atoms with Gasteiger partial charge in [0.05, 0.1) is 22.8 Å². The van der Waals surface area contributed by atoms with Crippen molar-refractivity contribution in [3.63, 3.8) is 0 Å². The van der Waals surface area contributed by atoms with Crippen LogP contribution >= 0.6 is 0 Å². The van der Waals surface area contributed by atoms with E-state index >= 15 is 0 Å². The number of fused-ring (bicyclic) bond motifs is 1. The smallest absolute Gasteiger partial charge is 0.235 e. The number of sulfonamides is 1. The fourth-order valence-corrected chi connectivity index (χ4v) is 5.91. The van der Waals surface area contributed by atoms with E-state index in [0.717, 1.165) is 59.8 Å². The highest BCUT2D eigenvalue weighted by atomic mass is 32.2. The van der Waals surface area contributed by atoms with Gasteiger partial charge in [0.1, 0.15) is 0 Å². The predicted molar refractivity (Wildman–Crippen MR) is 125 cm³/mol. The lowest BCUT2D eigenvalue weighted by atomic mass is 10.1. The van der Waals surface area contributed by atoms with E-state index in [1.54, 1.807) is 6.20 Å². The quantitative estimate of drug-likeness (QED) is 0.434. The Bertz CT molecular complexity index is 1310. The standard InChI is InChI=1S/C24H26N4O2S/c1-2-17-7-10-20(11-8-17)28-16-19(14-26-28)18-9-12-23-22(13-18)24(15-25-23)27-31(29,30)21-5-3-4-6-21/h7-16,21,25,27H,2-6H2,1H3. The van der Waals surface area contributed by atoms with Crippen LogP contribution in [0.25, 0.3) is 27.7 Å². The number of H-pyrrole nitrogens is 1. The van der Waals surface area contributed by atoms with Crippen LogP contribution in [0.4, 0.5) is 5.69 Å². The van der Waals surface area contributed by atoms with Gasteiger partial charge in [-0.15, -0.1) is 0 Å². The van der Waals surface area contributed by atoms with Crippen molar-refractivity contribution < 1.29 is 8.42 Å². The van der Waals surface area contributed by atoms with Crippen LogP contribution in [0.15, 0.2) is 61.1 Å². The maximum Gasteiger partial charge on any atom is 0.235 e. The molecule has 1 aliphatic carbocycles. The van der Waals surface area contributed by atoms with Gasteiger partial charge in [-0.2, -0.15) is 5.10 Å². The normalized spacial score (nSPS) is 15.0. The van der Waals surface area contributed by atoms with E-state index < -0.39 is 10.0 Å². The van der Waals surface area contributed by atoms with Gasteiger partial charge in [0, 0.05) is 28.9 Å². The van der Waals surface area contributed by atoms with Crippen LogP contribution in [0, 0.1) is 0 Å². The maximum absolute atomic E-state index is 12.8. The van der Waals surface area contributed by atoms with Crippen LogP contribution in [0.1, 0.15) is 38.2 Å². The van der Waals surface area contributed by atoms with E-state index in [1.807, 2.05) is 35.3 Å². The van der Waals surface area contributed by atoms with Gasteiger partial charge in [-0.1, -0.05) is 38.0 Å². The molecule has 6 nitrogen and oxygen atoms in total. The van der Waals surface area contributed by atoms with E-state index in [0.29, 0.717) is 5.69 Å². The Balaban J connectivity index is 1.45. The highest BCUT2D eigenvalue weighted by Crippen LogP contribution is 2.32. The highest BCUT2D eigenvalue weighted by molar-refractivity contribution is 7.93. The molecule has 2 heterocycles. The monoisotopic (exact) mass is 434 g/mol. The number of rotatable bonds is 6. The lowest BCUT2D eigenvalue weighted by molar-refractivity contribution is 0.585. The van der Waals surface area contributed by atoms with E-state index in [4.69, 9.17) is 0 Å². The van der Waals surface area contributed by atoms with Crippen molar-refractivity contribution in [2.75, 3.05) is 4.72 Å². The van der Waals surface area contributed by atoms with Gasteiger partial charge >= 0.3 is 0 Å². The second kappa shape index (κ2) is 7.89. The summed E-state index contributed by atoms with van der Waals surface area (Å²) in [6, 6.07) is 14.4. The number of nitrogens with one attached hydrogen (secondary N) is 2. The SMILES string of the molecule is CCc1ccc(-n2cc(-c3ccc4[nH]cc(NS(=O)(=O)C5CCCC5)c4c3)cn2)cc1. The fraction of sp³-hybridized carbons (Fsp3) is 0.292. The Hall–Kier alpha value is -3.06. The molecule has 2 aromatic carbocycles. The Morgan fingerprint density at radius 3 is 2.61 bits per heavy atom. The number of nitrogens with zero attached hydrogens (tertiary/aromatic N) is 2. The second-order valence-corrected chi connectivity index (χ2v) is 10.2. The zero-order valence-corrected chi connectivity index (χ0v) is 18.3. The molecule has 7 heteroatoms. The molecule has 160 valence electrons. The molecule has 0 radical (unpaired) electrons. The molecule has 2 aromatic heterocycles. The summed E-state index contributed by atoms with van der Waals surface area (Å²) in [7, 11) is -3.38. The van der Waals surface area contributed by atoms with Gasteiger partial charge in [-0.05, 0) is 54.7 Å². The fourth-order valence-electron chi connectivity index (χ4n) is 4.32.